The summed E-state index contributed by atoms with van der Waals surface area (Å²) in [6.07, 6.45) is 4.66. The van der Waals surface area contributed by atoms with Crippen LogP contribution in [0.25, 0.3) is 0 Å². The fraction of sp³-hybridized carbons (Fsp3) is 0.538. The molecule has 4 heteroatoms. The Morgan fingerprint density at radius 1 is 1.35 bits per heavy atom. The maximum Gasteiger partial charge on any atom is 0.178 e. The van der Waals surface area contributed by atoms with Crippen LogP contribution < -0.4 is 4.90 Å². The van der Waals surface area contributed by atoms with E-state index in [1.165, 1.54) is 6.92 Å². The van der Waals surface area contributed by atoms with E-state index in [0.29, 0.717) is 5.69 Å². The van der Waals surface area contributed by atoms with E-state index in [0.717, 1.165) is 31.5 Å². The number of anilines is 1. The van der Waals surface area contributed by atoms with Crippen LogP contribution in [0, 0.1) is 0 Å². The molecule has 1 heterocycles. The van der Waals surface area contributed by atoms with Crippen LogP contribution in [0.1, 0.15) is 36.7 Å². The van der Waals surface area contributed by atoms with E-state index in [4.69, 9.17) is 5.11 Å². The summed E-state index contributed by atoms with van der Waals surface area (Å²) in [5.41, 5.74) is 1.52. The van der Waals surface area contributed by atoms with Gasteiger partial charge >= 0.3 is 0 Å². The quantitative estimate of drug-likeness (QED) is 0.580. The SMILES string of the molecule is CC(=O)c1ccc(N(C)CCCCCO)cn1. The normalized spacial score (nSPS) is 10.3. The highest BCUT2D eigenvalue weighted by Gasteiger charge is 2.03. The number of hydrogen-bond donors (Lipinski definition) is 1. The molecule has 0 aromatic carbocycles. The lowest BCUT2D eigenvalue weighted by Crippen LogP contribution is -2.18. The van der Waals surface area contributed by atoms with Crippen molar-refractivity contribution in [2.24, 2.45) is 0 Å². The van der Waals surface area contributed by atoms with Gasteiger partial charge in [-0.25, -0.2) is 0 Å². The molecule has 0 amide bonds. The van der Waals surface area contributed by atoms with E-state index in [1.54, 1.807) is 12.3 Å². The van der Waals surface area contributed by atoms with Crippen molar-refractivity contribution in [3.8, 4) is 0 Å². The minimum Gasteiger partial charge on any atom is -0.396 e. The topological polar surface area (TPSA) is 53.4 Å². The van der Waals surface area contributed by atoms with Crippen molar-refractivity contribution in [3.63, 3.8) is 0 Å². The molecular weight excluding hydrogens is 216 g/mol. The number of nitrogens with zero attached hydrogens (tertiary/aromatic N) is 2. The van der Waals surface area contributed by atoms with Crippen LogP contribution in [0.3, 0.4) is 0 Å². The van der Waals surface area contributed by atoms with Gasteiger partial charge in [0.05, 0.1) is 11.9 Å². The van der Waals surface area contributed by atoms with E-state index in [-0.39, 0.29) is 12.4 Å². The van der Waals surface area contributed by atoms with Crippen molar-refractivity contribution in [3.05, 3.63) is 24.0 Å². The molecule has 0 fully saturated rings. The highest BCUT2D eigenvalue weighted by atomic mass is 16.2. The van der Waals surface area contributed by atoms with Crippen LogP contribution in [0.5, 0.6) is 0 Å². The zero-order valence-corrected chi connectivity index (χ0v) is 10.5. The Morgan fingerprint density at radius 3 is 2.65 bits per heavy atom. The molecule has 0 saturated carbocycles. The smallest absolute Gasteiger partial charge is 0.178 e. The number of unbranched alkanes of at least 4 members (excludes halogenated alkanes) is 2. The largest absolute Gasteiger partial charge is 0.396 e. The third kappa shape index (κ3) is 4.53. The molecule has 1 N–H and O–H groups in total. The number of carbonyl (C=O) groups excluding carboxylic acids is 1. The van der Waals surface area contributed by atoms with Crippen molar-refractivity contribution in [2.75, 3.05) is 25.1 Å². The fourth-order valence-electron chi connectivity index (χ4n) is 1.59. The van der Waals surface area contributed by atoms with E-state index >= 15 is 0 Å². The van der Waals surface area contributed by atoms with Crippen LogP contribution in [0.2, 0.25) is 0 Å². The first-order valence-electron chi connectivity index (χ1n) is 5.94. The predicted octanol–water partition coefficient (Wildman–Crippen LogP) is 1.88. The number of hydrogen-bond acceptors (Lipinski definition) is 4. The highest BCUT2D eigenvalue weighted by molar-refractivity contribution is 5.92. The number of aromatic nitrogens is 1. The Bertz CT molecular complexity index is 349. The third-order valence-electron chi connectivity index (χ3n) is 2.70. The first-order valence-corrected chi connectivity index (χ1v) is 5.94. The molecule has 1 rings (SSSR count). The van der Waals surface area contributed by atoms with Crippen molar-refractivity contribution < 1.29 is 9.90 Å². The van der Waals surface area contributed by atoms with Gasteiger partial charge in [-0.3, -0.25) is 9.78 Å². The minimum absolute atomic E-state index is 0.0119. The van der Waals surface area contributed by atoms with Gasteiger partial charge in [0.1, 0.15) is 5.69 Å². The Kier molecular flexibility index (Phi) is 5.63. The van der Waals surface area contributed by atoms with Crippen molar-refractivity contribution >= 4 is 11.5 Å². The van der Waals surface area contributed by atoms with Crippen molar-refractivity contribution in [2.45, 2.75) is 26.2 Å². The summed E-state index contributed by atoms with van der Waals surface area (Å²) < 4.78 is 0. The van der Waals surface area contributed by atoms with Gasteiger partial charge in [0.25, 0.3) is 0 Å². The van der Waals surface area contributed by atoms with Gasteiger partial charge in [-0.15, -0.1) is 0 Å². The molecule has 0 aliphatic heterocycles. The molecule has 1 aromatic rings. The lowest BCUT2D eigenvalue weighted by atomic mass is 10.2. The molecule has 0 radical (unpaired) electrons. The monoisotopic (exact) mass is 236 g/mol. The summed E-state index contributed by atoms with van der Waals surface area (Å²) in [7, 11) is 2.00. The van der Waals surface area contributed by atoms with E-state index in [2.05, 4.69) is 9.88 Å². The van der Waals surface area contributed by atoms with Gasteiger partial charge in [0.2, 0.25) is 0 Å². The first kappa shape index (κ1) is 13.6. The second-order valence-corrected chi connectivity index (χ2v) is 4.16. The Balaban J connectivity index is 2.46. The molecule has 0 aliphatic rings. The maximum absolute atomic E-state index is 11.1. The number of pyridine rings is 1. The Labute approximate surface area is 102 Å². The average molecular weight is 236 g/mol. The zero-order valence-electron chi connectivity index (χ0n) is 10.5. The van der Waals surface area contributed by atoms with Gasteiger partial charge in [-0.2, -0.15) is 0 Å². The van der Waals surface area contributed by atoms with Crippen LogP contribution in [-0.4, -0.2) is 36.1 Å². The summed E-state index contributed by atoms with van der Waals surface area (Å²) >= 11 is 0. The van der Waals surface area contributed by atoms with Gasteiger partial charge in [-0.1, -0.05) is 0 Å². The van der Waals surface area contributed by atoms with E-state index < -0.39 is 0 Å². The van der Waals surface area contributed by atoms with Gasteiger partial charge in [0.15, 0.2) is 5.78 Å². The number of ketones is 1. The molecule has 0 bridgehead atoms. The van der Waals surface area contributed by atoms with Gasteiger partial charge < -0.3 is 10.0 Å². The summed E-state index contributed by atoms with van der Waals surface area (Å²) in [4.78, 5) is 17.3. The molecule has 0 unspecified atom stereocenters. The maximum atomic E-state index is 11.1. The first-order chi connectivity index (χ1) is 8.15. The second kappa shape index (κ2) is 7.01. The lowest BCUT2D eigenvalue weighted by molar-refractivity contribution is 0.101. The number of carbonyl (C=O) groups is 1. The molecule has 4 nitrogen and oxygen atoms in total. The van der Waals surface area contributed by atoms with Crippen LogP contribution in [-0.2, 0) is 0 Å². The molecule has 0 aliphatic carbocycles. The average Bonchev–Trinajstić information content (AvgIpc) is 2.34. The highest BCUT2D eigenvalue weighted by Crippen LogP contribution is 2.12. The second-order valence-electron chi connectivity index (χ2n) is 4.16. The molecule has 17 heavy (non-hydrogen) atoms. The summed E-state index contributed by atoms with van der Waals surface area (Å²) in [5.74, 6) is -0.0119. The summed E-state index contributed by atoms with van der Waals surface area (Å²) in [6, 6.07) is 3.66. The molecule has 0 spiro atoms. The molecule has 94 valence electrons. The number of rotatable bonds is 7. The molecule has 0 atom stereocenters. The standard InChI is InChI=1S/C13H20N2O2/c1-11(17)13-7-6-12(10-14-13)15(2)8-4-3-5-9-16/h6-7,10,16H,3-5,8-9H2,1-2H3. The van der Waals surface area contributed by atoms with Gasteiger partial charge in [-0.05, 0) is 31.4 Å². The molecule has 0 saturated heterocycles. The van der Waals surface area contributed by atoms with Crippen molar-refractivity contribution in [1.29, 1.82) is 0 Å². The molecular formula is C13H20N2O2. The minimum atomic E-state index is -0.0119. The van der Waals surface area contributed by atoms with Crippen molar-refractivity contribution in [1.82, 2.24) is 4.98 Å². The number of aliphatic hydroxyl groups excluding tert-OH is 1. The lowest BCUT2D eigenvalue weighted by Gasteiger charge is -2.18. The Hall–Kier alpha value is -1.42. The number of aliphatic hydroxyl groups is 1. The van der Waals surface area contributed by atoms with Crippen LogP contribution in [0.15, 0.2) is 18.3 Å². The number of Topliss-reactive ketones (excluding diaryl/α,β-unsaturated/α-hetero) is 1. The summed E-state index contributed by atoms with van der Waals surface area (Å²) in [5, 5.41) is 8.68. The predicted molar refractivity (Wildman–Crippen MR) is 68.4 cm³/mol. The third-order valence-corrected chi connectivity index (χ3v) is 2.70. The Morgan fingerprint density at radius 2 is 2.12 bits per heavy atom. The zero-order chi connectivity index (χ0) is 12.7. The van der Waals surface area contributed by atoms with E-state index in [1.807, 2.05) is 13.1 Å². The molecule has 1 aromatic heterocycles. The van der Waals surface area contributed by atoms with Gasteiger partial charge in [0, 0.05) is 27.1 Å². The van der Waals surface area contributed by atoms with Crippen LogP contribution in [0.4, 0.5) is 5.69 Å². The van der Waals surface area contributed by atoms with E-state index in [9.17, 15) is 4.79 Å². The summed E-state index contributed by atoms with van der Waals surface area (Å²) in [6.45, 7) is 2.71. The fourth-order valence-corrected chi connectivity index (χ4v) is 1.59. The van der Waals surface area contributed by atoms with Crippen LogP contribution >= 0.6 is 0 Å².